The molecule has 0 bridgehead atoms. The normalized spacial score (nSPS) is 14.3. The van der Waals surface area contributed by atoms with Crippen molar-refractivity contribution in [3.8, 4) is 44.5 Å². The summed E-state index contributed by atoms with van der Waals surface area (Å²) in [6.45, 7) is 4.89. The van der Waals surface area contributed by atoms with Crippen LogP contribution in [-0.2, 0) is 5.41 Å². The molecule has 0 unspecified atom stereocenters. The highest BCUT2D eigenvalue weighted by atomic mass is 15.2. The van der Waals surface area contributed by atoms with E-state index in [0.717, 1.165) is 0 Å². The van der Waals surface area contributed by atoms with Gasteiger partial charge in [0.15, 0.2) is 0 Å². The molecule has 0 saturated carbocycles. The molecule has 0 radical (unpaired) electrons. The first-order chi connectivity index (χ1) is 24.6. The Morgan fingerprint density at radius 3 is 1.62 bits per heavy atom. The van der Waals surface area contributed by atoms with E-state index in [-0.39, 0.29) is 5.41 Å². The highest BCUT2D eigenvalue weighted by Crippen LogP contribution is 2.66. The molecule has 50 heavy (non-hydrogen) atoms. The van der Waals surface area contributed by atoms with Crippen molar-refractivity contribution in [3.63, 3.8) is 0 Å². The van der Waals surface area contributed by atoms with Gasteiger partial charge in [0.2, 0.25) is 0 Å². The van der Waals surface area contributed by atoms with Crippen LogP contribution >= 0.6 is 0 Å². The summed E-state index contributed by atoms with van der Waals surface area (Å²) in [7, 11) is 0. The van der Waals surface area contributed by atoms with E-state index in [4.69, 9.17) is 0 Å². The maximum atomic E-state index is 2.66. The molecule has 12 rings (SSSR count). The summed E-state index contributed by atoms with van der Waals surface area (Å²) in [4.78, 5) is 2.66. The van der Waals surface area contributed by atoms with Crippen LogP contribution in [-0.4, -0.2) is 0 Å². The fourth-order valence-electron chi connectivity index (χ4n) is 9.95. The van der Waals surface area contributed by atoms with E-state index < -0.39 is 0 Å². The van der Waals surface area contributed by atoms with Gasteiger partial charge in [-0.3, -0.25) is 0 Å². The van der Waals surface area contributed by atoms with Crippen LogP contribution in [0.4, 0.5) is 17.1 Å². The summed E-state index contributed by atoms with van der Waals surface area (Å²) >= 11 is 0. The van der Waals surface area contributed by atoms with E-state index >= 15 is 0 Å². The first kappa shape index (κ1) is 26.7. The first-order valence-corrected chi connectivity index (χ1v) is 17.7. The fraction of sp³-hybridized carbons (Fsp3) is 0.0612. The summed E-state index contributed by atoms with van der Waals surface area (Å²) in [6, 6.07) is 57.1. The summed E-state index contributed by atoms with van der Waals surface area (Å²) < 4.78 is 0. The van der Waals surface area contributed by atoms with E-state index in [1.807, 2.05) is 0 Å². The van der Waals surface area contributed by atoms with Crippen LogP contribution in [0.15, 0.2) is 152 Å². The third-order valence-electron chi connectivity index (χ3n) is 12.1. The third-order valence-corrected chi connectivity index (χ3v) is 12.1. The van der Waals surface area contributed by atoms with Gasteiger partial charge in [0.1, 0.15) is 0 Å². The van der Waals surface area contributed by atoms with Crippen LogP contribution in [0, 0.1) is 0 Å². The maximum Gasteiger partial charge on any atom is 0.0619 e. The predicted molar refractivity (Wildman–Crippen MR) is 212 cm³/mol. The molecule has 0 N–H and O–H groups in total. The topological polar surface area (TPSA) is 3.24 Å². The lowest BCUT2D eigenvalue weighted by molar-refractivity contribution is 0.634. The molecular weight excluding hydrogens is 603 g/mol. The van der Waals surface area contributed by atoms with Crippen molar-refractivity contribution in [1.82, 2.24) is 0 Å². The van der Waals surface area contributed by atoms with Gasteiger partial charge in [0.05, 0.1) is 17.1 Å². The Bertz CT molecular complexity index is 2940. The zero-order valence-corrected chi connectivity index (χ0v) is 27.9. The van der Waals surface area contributed by atoms with Gasteiger partial charge in [-0.15, -0.1) is 0 Å². The molecule has 3 aliphatic heterocycles. The molecule has 0 aromatic heterocycles. The van der Waals surface area contributed by atoms with E-state index in [1.165, 1.54) is 116 Å². The Balaban J connectivity index is 1.29. The Morgan fingerprint density at radius 2 is 0.920 bits per heavy atom. The van der Waals surface area contributed by atoms with Gasteiger partial charge < -0.3 is 4.90 Å². The summed E-state index contributed by atoms with van der Waals surface area (Å²) in [5, 5.41) is 10.5. The van der Waals surface area contributed by atoms with E-state index in [9.17, 15) is 0 Å². The number of fused-ring (bicyclic) bond motifs is 4. The second-order valence-electron chi connectivity index (χ2n) is 14.8. The number of para-hydroxylation sites is 1. The monoisotopic (exact) mass is 633 g/mol. The Labute approximate surface area is 290 Å². The van der Waals surface area contributed by atoms with Gasteiger partial charge in [-0.1, -0.05) is 159 Å². The molecule has 3 heterocycles. The molecular formula is C49H31N. The SMILES string of the molecule is CC1(C)c2ccc3cccc4c3c2N2c3c-4cccc3-c3cccc4c(-c5c6ccccc6c(-c6ccccc6)c6ccccc56)cc1c2c34. The number of benzene rings is 9. The molecule has 0 atom stereocenters. The zero-order valence-electron chi connectivity index (χ0n) is 27.9. The predicted octanol–water partition coefficient (Wildman–Crippen LogP) is 13.7. The van der Waals surface area contributed by atoms with Crippen molar-refractivity contribution in [3.05, 3.63) is 163 Å². The van der Waals surface area contributed by atoms with Crippen LogP contribution in [0.25, 0.3) is 87.6 Å². The first-order valence-electron chi connectivity index (χ1n) is 17.7. The smallest absolute Gasteiger partial charge is 0.0619 e. The molecule has 232 valence electrons. The molecule has 0 fully saturated rings. The summed E-state index contributed by atoms with van der Waals surface area (Å²) in [6.07, 6.45) is 0. The van der Waals surface area contributed by atoms with Gasteiger partial charge in [0.25, 0.3) is 0 Å². The van der Waals surface area contributed by atoms with Crippen LogP contribution in [0.2, 0.25) is 0 Å². The van der Waals surface area contributed by atoms with Crippen molar-refractivity contribution in [2.24, 2.45) is 0 Å². The van der Waals surface area contributed by atoms with Crippen molar-refractivity contribution >= 4 is 60.2 Å². The lowest BCUT2D eigenvalue weighted by Crippen LogP contribution is -2.33. The highest BCUT2D eigenvalue weighted by Gasteiger charge is 2.45. The van der Waals surface area contributed by atoms with Crippen LogP contribution in [0.1, 0.15) is 25.0 Å². The number of hydrogen-bond acceptors (Lipinski definition) is 1. The number of hydrogen-bond donors (Lipinski definition) is 0. The van der Waals surface area contributed by atoms with Crippen molar-refractivity contribution < 1.29 is 0 Å². The van der Waals surface area contributed by atoms with Crippen LogP contribution in [0.5, 0.6) is 0 Å². The molecule has 0 spiro atoms. The van der Waals surface area contributed by atoms with Gasteiger partial charge in [0, 0.05) is 27.3 Å². The molecule has 1 nitrogen and oxygen atoms in total. The summed E-state index contributed by atoms with van der Waals surface area (Å²) in [5.74, 6) is 0. The largest absolute Gasteiger partial charge is 0.307 e. The van der Waals surface area contributed by atoms with Gasteiger partial charge in [-0.25, -0.2) is 0 Å². The minimum Gasteiger partial charge on any atom is -0.307 e. The lowest BCUT2D eigenvalue weighted by atomic mass is 9.67. The van der Waals surface area contributed by atoms with E-state index in [1.54, 1.807) is 0 Å². The summed E-state index contributed by atoms with van der Waals surface area (Å²) in [5.41, 5.74) is 17.1. The molecule has 3 aliphatic rings. The Morgan fingerprint density at radius 1 is 0.380 bits per heavy atom. The van der Waals surface area contributed by atoms with E-state index in [2.05, 4.69) is 170 Å². The quantitative estimate of drug-likeness (QED) is 0.171. The average Bonchev–Trinajstić information content (AvgIpc) is 3.16. The Hall–Kier alpha value is -6.18. The molecule has 1 heteroatoms. The number of nitrogens with zero attached hydrogens (tertiary/aromatic N) is 1. The van der Waals surface area contributed by atoms with Crippen LogP contribution in [0.3, 0.4) is 0 Å². The minimum absolute atomic E-state index is 0.224. The van der Waals surface area contributed by atoms with Crippen molar-refractivity contribution in [2.75, 3.05) is 4.90 Å². The molecule has 0 saturated heterocycles. The van der Waals surface area contributed by atoms with Gasteiger partial charge in [-0.2, -0.15) is 0 Å². The lowest BCUT2D eigenvalue weighted by Gasteiger charge is -2.48. The molecule has 0 amide bonds. The van der Waals surface area contributed by atoms with Crippen LogP contribution < -0.4 is 4.90 Å². The van der Waals surface area contributed by atoms with Crippen molar-refractivity contribution in [2.45, 2.75) is 19.3 Å². The zero-order chi connectivity index (χ0) is 32.9. The fourth-order valence-corrected chi connectivity index (χ4v) is 9.95. The molecule has 0 aliphatic carbocycles. The minimum atomic E-state index is -0.224. The average molecular weight is 634 g/mol. The molecule has 9 aromatic rings. The van der Waals surface area contributed by atoms with E-state index in [0.29, 0.717) is 0 Å². The number of anilines is 3. The van der Waals surface area contributed by atoms with Gasteiger partial charge >= 0.3 is 0 Å². The second-order valence-corrected chi connectivity index (χ2v) is 14.8. The third kappa shape index (κ3) is 3.06. The van der Waals surface area contributed by atoms with Crippen molar-refractivity contribution in [1.29, 1.82) is 0 Å². The van der Waals surface area contributed by atoms with Gasteiger partial charge in [-0.05, 0) is 82.9 Å². The highest BCUT2D eigenvalue weighted by molar-refractivity contribution is 6.29. The Kier molecular flexibility index (Phi) is 4.85. The maximum absolute atomic E-state index is 2.66. The molecule has 9 aromatic carbocycles. The standard InChI is InChI=1S/C49H31N/c1-49(2)40-26-25-29-15-10-20-34-37-23-12-24-38-35-21-11-22-36-39(27-41(49)48(45(35)36)50(46(37)38)47(40)43(29)34)44-32-18-8-6-16-30(32)42(28-13-4-3-5-14-28)31-17-7-9-19-33(31)44/h3-27H,1-2H3. The number of rotatable bonds is 2. The second kappa shape index (κ2) is 9.08.